The van der Waals surface area contributed by atoms with E-state index in [-0.39, 0.29) is 35.6 Å². The first kappa shape index (κ1) is 26.6. The quantitative estimate of drug-likeness (QED) is 0.211. The van der Waals surface area contributed by atoms with Crippen LogP contribution in [0.25, 0.3) is 0 Å². The number of amides is 1. The Hall–Kier alpha value is -4.05. The van der Waals surface area contributed by atoms with Gasteiger partial charge in [-0.1, -0.05) is 18.2 Å². The number of dihydropyridines is 1. The van der Waals surface area contributed by atoms with Crippen molar-refractivity contribution >= 4 is 17.6 Å². The second-order valence-corrected chi connectivity index (χ2v) is 8.29. The molecule has 2 aromatic rings. The van der Waals surface area contributed by atoms with E-state index in [1.54, 1.807) is 44.4 Å². The molecule has 36 heavy (non-hydrogen) atoms. The maximum Gasteiger partial charge on any atom is 0.336 e. The van der Waals surface area contributed by atoms with Gasteiger partial charge in [0.1, 0.15) is 6.61 Å². The van der Waals surface area contributed by atoms with Crippen molar-refractivity contribution in [3.63, 3.8) is 0 Å². The minimum atomic E-state index is -0.983. The first-order chi connectivity index (χ1) is 17.3. The van der Waals surface area contributed by atoms with Crippen LogP contribution in [0.3, 0.4) is 0 Å². The summed E-state index contributed by atoms with van der Waals surface area (Å²) in [6.07, 6.45) is 4.87. The number of rotatable bonds is 11. The first-order valence-corrected chi connectivity index (χ1v) is 11.6. The van der Waals surface area contributed by atoms with E-state index in [0.717, 1.165) is 12.0 Å². The smallest absolute Gasteiger partial charge is 0.336 e. The Kier molecular flexibility index (Phi) is 9.29. The monoisotopic (exact) mass is 494 g/mol. The van der Waals surface area contributed by atoms with Crippen molar-refractivity contribution < 1.29 is 24.0 Å². The predicted molar refractivity (Wildman–Crippen MR) is 133 cm³/mol. The summed E-state index contributed by atoms with van der Waals surface area (Å²) >= 11 is 0. The van der Waals surface area contributed by atoms with E-state index in [0.29, 0.717) is 24.4 Å². The topological polar surface area (TPSA) is 133 Å². The molecule has 0 saturated carbocycles. The molecule has 2 heterocycles. The molecule has 3 rings (SSSR count). The lowest BCUT2D eigenvalue weighted by molar-refractivity contribution is -0.385. The van der Waals surface area contributed by atoms with Gasteiger partial charge in [-0.15, -0.1) is 0 Å². The lowest BCUT2D eigenvalue weighted by Gasteiger charge is -2.30. The van der Waals surface area contributed by atoms with E-state index in [4.69, 9.17) is 9.47 Å². The lowest BCUT2D eigenvalue weighted by Crippen LogP contribution is -2.37. The number of aromatic nitrogens is 1. The SMILES string of the molecule is COCCOC(=O)C1=C(C)NC(C)=C(C(=O)NCCCc2ccncc2)C1c1ccccc1[N+](=O)[O-]. The molecular formula is C26H30N4O6. The number of hydrogen-bond donors (Lipinski definition) is 2. The molecular weight excluding hydrogens is 464 g/mol. The molecule has 0 saturated heterocycles. The summed E-state index contributed by atoms with van der Waals surface area (Å²) in [6.45, 7) is 3.99. The summed E-state index contributed by atoms with van der Waals surface area (Å²) in [6, 6.07) is 9.95. The van der Waals surface area contributed by atoms with Crippen LogP contribution in [0.5, 0.6) is 0 Å². The van der Waals surface area contributed by atoms with Crippen molar-refractivity contribution in [2.24, 2.45) is 0 Å². The molecule has 1 amide bonds. The second-order valence-electron chi connectivity index (χ2n) is 8.29. The fourth-order valence-electron chi connectivity index (χ4n) is 4.21. The third-order valence-corrected chi connectivity index (χ3v) is 5.87. The number of esters is 1. The fraction of sp³-hybridized carbons (Fsp3) is 0.346. The van der Waals surface area contributed by atoms with Crippen LogP contribution in [0, 0.1) is 10.1 Å². The Morgan fingerprint density at radius 2 is 1.78 bits per heavy atom. The number of carbonyl (C=O) groups excluding carboxylic acids is 2. The third-order valence-electron chi connectivity index (χ3n) is 5.87. The minimum absolute atomic E-state index is 0.00888. The van der Waals surface area contributed by atoms with Crippen molar-refractivity contribution in [2.75, 3.05) is 26.9 Å². The standard InChI is InChI=1S/C26H30N4O6/c1-17-22(25(31)28-12-6-7-19-10-13-27-14-11-19)24(20-8-4-5-9-21(20)30(33)34)23(18(2)29-17)26(32)36-16-15-35-3/h4-5,8-11,13-14,24,29H,6-7,12,15-16H2,1-3H3,(H,28,31). The molecule has 1 unspecified atom stereocenters. The van der Waals surface area contributed by atoms with Crippen molar-refractivity contribution in [3.05, 3.63) is 92.6 Å². The van der Waals surface area contributed by atoms with E-state index in [1.807, 2.05) is 12.1 Å². The Labute approximate surface area is 209 Å². The molecule has 0 fully saturated rings. The van der Waals surface area contributed by atoms with Crippen LogP contribution in [0.15, 0.2) is 71.3 Å². The van der Waals surface area contributed by atoms with E-state index >= 15 is 0 Å². The Bertz CT molecular complexity index is 1180. The third kappa shape index (κ3) is 6.33. The van der Waals surface area contributed by atoms with Gasteiger partial charge in [-0.05, 0) is 44.4 Å². The zero-order valence-electron chi connectivity index (χ0n) is 20.6. The van der Waals surface area contributed by atoms with Crippen LogP contribution in [-0.2, 0) is 25.5 Å². The molecule has 1 aliphatic heterocycles. The highest BCUT2D eigenvalue weighted by Gasteiger charge is 2.40. The van der Waals surface area contributed by atoms with Gasteiger partial charge >= 0.3 is 5.97 Å². The number of nitro groups is 1. The summed E-state index contributed by atoms with van der Waals surface area (Å²) in [7, 11) is 1.49. The molecule has 1 aromatic carbocycles. The number of nitrogens with zero attached hydrogens (tertiary/aromatic N) is 2. The second kappa shape index (κ2) is 12.6. The van der Waals surface area contributed by atoms with Gasteiger partial charge in [-0.2, -0.15) is 0 Å². The van der Waals surface area contributed by atoms with Crippen LogP contribution in [0.2, 0.25) is 0 Å². The first-order valence-electron chi connectivity index (χ1n) is 11.6. The zero-order valence-corrected chi connectivity index (χ0v) is 20.6. The number of pyridine rings is 1. The number of allylic oxidation sites excluding steroid dienone is 2. The molecule has 10 heteroatoms. The van der Waals surface area contributed by atoms with Gasteiger partial charge in [0, 0.05) is 54.6 Å². The maximum atomic E-state index is 13.4. The van der Waals surface area contributed by atoms with Crippen LogP contribution in [0.1, 0.15) is 37.3 Å². The highest BCUT2D eigenvalue weighted by molar-refractivity contribution is 6.02. The predicted octanol–water partition coefficient (Wildman–Crippen LogP) is 3.16. The molecule has 1 aromatic heterocycles. The molecule has 1 atom stereocenters. The van der Waals surface area contributed by atoms with E-state index in [2.05, 4.69) is 15.6 Å². The van der Waals surface area contributed by atoms with Crippen LogP contribution in [-0.4, -0.2) is 48.7 Å². The summed E-state index contributed by atoms with van der Waals surface area (Å²) in [5, 5.41) is 17.9. The Balaban J connectivity index is 1.92. The number of ether oxygens (including phenoxy) is 2. The number of aryl methyl sites for hydroxylation is 1. The molecule has 2 N–H and O–H groups in total. The fourth-order valence-corrected chi connectivity index (χ4v) is 4.21. The van der Waals surface area contributed by atoms with Crippen molar-refractivity contribution in [1.29, 1.82) is 0 Å². The van der Waals surface area contributed by atoms with E-state index in [1.165, 1.54) is 13.2 Å². The molecule has 10 nitrogen and oxygen atoms in total. The Morgan fingerprint density at radius 1 is 1.08 bits per heavy atom. The summed E-state index contributed by atoms with van der Waals surface area (Å²) < 4.78 is 10.3. The van der Waals surface area contributed by atoms with E-state index in [9.17, 15) is 19.7 Å². The van der Waals surface area contributed by atoms with Gasteiger partial charge in [-0.3, -0.25) is 19.9 Å². The normalized spacial score (nSPS) is 15.4. The van der Waals surface area contributed by atoms with Crippen LogP contribution >= 0.6 is 0 Å². The number of benzene rings is 1. The number of para-hydroxylation sites is 1. The molecule has 1 aliphatic rings. The molecule has 0 bridgehead atoms. The number of hydrogen-bond acceptors (Lipinski definition) is 8. The van der Waals surface area contributed by atoms with Gasteiger partial charge in [0.05, 0.1) is 23.0 Å². The number of nitrogens with one attached hydrogen (secondary N) is 2. The molecule has 190 valence electrons. The summed E-state index contributed by atoms with van der Waals surface area (Å²) in [4.78, 5) is 41.9. The summed E-state index contributed by atoms with van der Waals surface area (Å²) in [5.74, 6) is -2.06. The van der Waals surface area contributed by atoms with Gasteiger partial charge in [0.25, 0.3) is 5.69 Å². The maximum absolute atomic E-state index is 13.4. The largest absolute Gasteiger partial charge is 0.460 e. The number of carbonyl (C=O) groups is 2. The van der Waals surface area contributed by atoms with Crippen molar-refractivity contribution in [1.82, 2.24) is 15.6 Å². The molecule has 0 aliphatic carbocycles. The Morgan fingerprint density at radius 3 is 2.47 bits per heavy atom. The highest BCUT2D eigenvalue weighted by Crippen LogP contribution is 2.42. The lowest BCUT2D eigenvalue weighted by atomic mass is 9.79. The van der Waals surface area contributed by atoms with Crippen molar-refractivity contribution in [2.45, 2.75) is 32.6 Å². The van der Waals surface area contributed by atoms with Crippen LogP contribution in [0.4, 0.5) is 5.69 Å². The zero-order chi connectivity index (χ0) is 26.1. The van der Waals surface area contributed by atoms with Gasteiger partial charge in [-0.25, -0.2) is 4.79 Å². The molecule has 0 radical (unpaired) electrons. The van der Waals surface area contributed by atoms with E-state index < -0.39 is 22.7 Å². The number of methoxy groups -OCH3 is 1. The average molecular weight is 495 g/mol. The van der Waals surface area contributed by atoms with Gasteiger partial charge in [0.2, 0.25) is 5.91 Å². The van der Waals surface area contributed by atoms with Crippen LogP contribution < -0.4 is 10.6 Å². The van der Waals surface area contributed by atoms with Gasteiger partial charge < -0.3 is 20.1 Å². The number of nitro benzene ring substituents is 1. The highest BCUT2D eigenvalue weighted by atomic mass is 16.6. The summed E-state index contributed by atoms with van der Waals surface area (Å²) in [5.41, 5.74) is 2.51. The van der Waals surface area contributed by atoms with Crippen molar-refractivity contribution in [3.8, 4) is 0 Å². The minimum Gasteiger partial charge on any atom is -0.460 e. The molecule has 0 spiro atoms. The average Bonchev–Trinajstić information content (AvgIpc) is 2.86. The van der Waals surface area contributed by atoms with Gasteiger partial charge in [0.15, 0.2) is 0 Å².